The third-order valence-corrected chi connectivity index (χ3v) is 3.92. The molecule has 1 aromatic carbocycles. The molecule has 0 bridgehead atoms. The summed E-state index contributed by atoms with van der Waals surface area (Å²) in [5.41, 5.74) is 1.07. The maximum absolute atomic E-state index is 12.2. The largest absolute Gasteiger partial charge is 0.389 e. The van der Waals surface area contributed by atoms with E-state index >= 15 is 0 Å². The number of benzene rings is 1. The van der Waals surface area contributed by atoms with Crippen LogP contribution in [0.1, 0.15) is 12.5 Å². The molecule has 1 heterocycles. The van der Waals surface area contributed by atoms with E-state index in [0.29, 0.717) is 44.4 Å². The van der Waals surface area contributed by atoms with Gasteiger partial charge in [0.1, 0.15) is 0 Å². The molecule has 1 fully saturated rings. The van der Waals surface area contributed by atoms with Crippen LogP contribution >= 0.6 is 11.6 Å². The maximum atomic E-state index is 12.2. The van der Waals surface area contributed by atoms with Crippen molar-refractivity contribution < 1.29 is 14.6 Å². The van der Waals surface area contributed by atoms with Crippen LogP contribution in [0.25, 0.3) is 0 Å². The highest BCUT2D eigenvalue weighted by Crippen LogP contribution is 2.13. The number of aliphatic hydroxyl groups excluding tert-OH is 1. The van der Waals surface area contributed by atoms with Crippen molar-refractivity contribution in [2.75, 3.05) is 39.4 Å². The maximum Gasteiger partial charge on any atom is 0.237 e. The van der Waals surface area contributed by atoms with E-state index in [2.05, 4.69) is 0 Å². The minimum Gasteiger partial charge on any atom is -0.389 e. The van der Waals surface area contributed by atoms with Gasteiger partial charge in [0.05, 0.1) is 19.3 Å². The Hall–Kier alpha value is -1.14. The molecule has 6 heteroatoms. The van der Waals surface area contributed by atoms with E-state index in [1.165, 1.54) is 0 Å². The van der Waals surface area contributed by atoms with Gasteiger partial charge >= 0.3 is 0 Å². The minimum atomic E-state index is -0.546. The van der Waals surface area contributed by atoms with Gasteiger partial charge in [-0.15, -0.1) is 0 Å². The van der Waals surface area contributed by atoms with E-state index in [4.69, 9.17) is 16.3 Å². The van der Waals surface area contributed by atoms with Crippen molar-refractivity contribution in [3.05, 3.63) is 34.9 Å². The van der Waals surface area contributed by atoms with Gasteiger partial charge in [0.25, 0.3) is 0 Å². The van der Waals surface area contributed by atoms with Gasteiger partial charge in [-0.3, -0.25) is 9.69 Å². The summed E-state index contributed by atoms with van der Waals surface area (Å²) in [7, 11) is 0. The highest BCUT2D eigenvalue weighted by Gasteiger charge is 2.25. The topological polar surface area (TPSA) is 53.0 Å². The number of ether oxygens (including phenoxy) is 1. The molecule has 1 aromatic rings. The lowest BCUT2D eigenvalue weighted by Crippen LogP contribution is -2.51. The van der Waals surface area contributed by atoms with Gasteiger partial charge in [-0.05, 0) is 24.6 Å². The van der Waals surface area contributed by atoms with Crippen LogP contribution in [0.4, 0.5) is 0 Å². The van der Waals surface area contributed by atoms with Crippen LogP contribution in [0.2, 0.25) is 5.02 Å². The number of piperazine rings is 1. The fourth-order valence-corrected chi connectivity index (χ4v) is 2.62. The summed E-state index contributed by atoms with van der Waals surface area (Å²) in [5, 5.41) is 10.5. The first kappa shape index (κ1) is 17.2. The Bertz CT molecular complexity index is 481. The first-order valence-electron chi connectivity index (χ1n) is 7.59. The van der Waals surface area contributed by atoms with Crippen molar-refractivity contribution in [1.29, 1.82) is 0 Å². The number of β-amino-alcohol motifs (C(OH)–C–C–N with tert-alkyl or cyclic N) is 1. The smallest absolute Gasteiger partial charge is 0.237 e. The molecular weight excluding hydrogens is 304 g/mol. The number of halogens is 1. The highest BCUT2D eigenvalue weighted by molar-refractivity contribution is 6.30. The molecule has 5 nitrogen and oxygen atoms in total. The summed E-state index contributed by atoms with van der Waals surface area (Å²) in [4.78, 5) is 16.0. The average Bonchev–Trinajstić information content (AvgIpc) is 2.50. The molecule has 0 aromatic heterocycles. The van der Waals surface area contributed by atoms with Crippen LogP contribution in [-0.2, 0) is 16.1 Å². The van der Waals surface area contributed by atoms with Crippen LogP contribution in [0.15, 0.2) is 24.3 Å². The monoisotopic (exact) mass is 326 g/mol. The van der Waals surface area contributed by atoms with Gasteiger partial charge in [-0.25, -0.2) is 0 Å². The average molecular weight is 327 g/mol. The number of aliphatic hydroxyl groups is 1. The summed E-state index contributed by atoms with van der Waals surface area (Å²) >= 11 is 5.87. The van der Waals surface area contributed by atoms with Crippen LogP contribution in [-0.4, -0.2) is 66.3 Å². The quantitative estimate of drug-likeness (QED) is 0.822. The number of amides is 1. The molecule has 1 N–H and O–H groups in total. The number of carbonyl (C=O) groups is 1. The van der Waals surface area contributed by atoms with E-state index in [1.807, 2.05) is 41.0 Å². The lowest BCUT2D eigenvalue weighted by atomic mass is 10.2. The molecule has 0 spiro atoms. The highest BCUT2D eigenvalue weighted by atomic mass is 35.5. The second kappa shape index (κ2) is 8.48. The van der Waals surface area contributed by atoms with Crippen LogP contribution in [0.5, 0.6) is 0 Å². The van der Waals surface area contributed by atoms with E-state index in [0.717, 1.165) is 12.1 Å². The Morgan fingerprint density at radius 3 is 2.68 bits per heavy atom. The Morgan fingerprint density at radius 2 is 2.05 bits per heavy atom. The Morgan fingerprint density at radius 1 is 1.32 bits per heavy atom. The first-order chi connectivity index (χ1) is 10.6. The van der Waals surface area contributed by atoms with Gasteiger partial charge in [-0.2, -0.15) is 0 Å². The Balaban J connectivity index is 1.80. The normalized spacial score (nSPS) is 17.8. The fourth-order valence-electron chi connectivity index (χ4n) is 2.50. The van der Waals surface area contributed by atoms with Gasteiger partial charge < -0.3 is 14.7 Å². The first-order valence-corrected chi connectivity index (χ1v) is 7.96. The van der Waals surface area contributed by atoms with Crippen molar-refractivity contribution in [1.82, 2.24) is 9.80 Å². The summed E-state index contributed by atoms with van der Waals surface area (Å²) in [6.07, 6.45) is -0.546. The molecular formula is C16H23ClN2O3. The Kier molecular flexibility index (Phi) is 6.64. The summed E-state index contributed by atoms with van der Waals surface area (Å²) in [5.74, 6) is 0.0878. The standard InChI is InChI=1S/C16H23ClN2O3/c1-2-22-12-15(20)10-18-7-8-19(16(21)11-18)9-13-3-5-14(17)6-4-13/h3-6,15,20H,2,7-12H2,1H3. The number of hydrogen-bond acceptors (Lipinski definition) is 4. The molecule has 1 atom stereocenters. The predicted octanol–water partition coefficient (Wildman–Crippen LogP) is 1.38. The molecule has 0 aliphatic carbocycles. The van der Waals surface area contributed by atoms with Gasteiger partial charge in [0, 0.05) is 37.8 Å². The predicted molar refractivity (Wildman–Crippen MR) is 85.8 cm³/mol. The molecule has 1 aliphatic heterocycles. The van der Waals surface area contributed by atoms with Crippen molar-refractivity contribution >= 4 is 17.5 Å². The number of hydrogen-bond donors (Lipinski definition) is 1. The lowest BCUT2D eigenvalue weighted by molar-refractivity contribution is -0.137. The van der Waals surface area contributed by atoms with Gasteiger partial charge in [0.15, 0.2) is 0 Å². The van der Waals surface area contributed by atoms with Crippen LogP contribution in [0.3, 0.4) is 0 Å². The third-order valence-electron chi connectivity index (χ3n) is 3.67. The van der Waals surface area contributed by atoms with E-state index in [1.54, 1.807) is 0 Å². The number of nitrogens with zero attached hydrogens (tertiary/aromatic N) is 2. The summed E-state index contributed by atoms with van der Waals surface area (Å²) in [6.45, 7) is 5.65. The molecule has 0 saturated carbocycles. The van der Waals surface area contributed by atoms with Gasteiger partial charge in [-0.1, -0.05) is 23.7 Å². The minimum absolute atomic E-state index is 0.0878. The summed E-state index contributed by atoms with van der Waals surface area (Å²) < 4.78 is 5.19. The SMILES string of the molecule is CCOCC(O)CN1CCN(Cc2ccc(Cl)cc2)C(=O)C1. The second-order valence-electron chi connectivity index (χ2n) is 5.49. The van der Waals surface area contributed by atoms with E-state index in [-0.39, 0.29) is 5.91 Å². The molecule has 1 saturated heterocycles. The molecule has 2 rings (SSSR count). The fraction of sp³-hybridized carbons (Fsp3) is 0.562. The zero-order valence-corrected chi connectivity index (χ0v) is 13.6. The van der Waals surface area contributed by atoms with Crippen molar-refractivity contribution in [3.8, 4) is 0 Å². The van der Waals surface area contributed by atoms with Crippen LogP contribution < -0.4 is 0 Å². The molecule has 0 radical (unpaired) electrons. The molecule has 122 valence electrons. The zero-order valence-electron chi connectivity index (χ0n) is 12.9. The number of rotatable bonds is 7. The van der Waals surface area contributed by atoms with Crippen molar-refractivity contribution in [2.24, 2.45) is 0 Å². The van der Waals surface area contributed by atoms with E-state index < -0.39 is 6.10 Å². The van der Waals surface area contributed by atoms with Gasteiger partial charge in [0.2, 0.25) is 5.91 Å². The molecule has 1 amide bonds. The summed E-state index contributed by atoms with van der Waals surface area (Å²) in [6, 6.07) is 7.55. The third kappa shape index (κ3) is 5.25. The molecule has 22 heavy (non-hydrogen) atoms. The van der Waals surface area contributed by atoms with Crippen molar-refractivity contribution in [2.45, 2.75) is 19.6 Å². The number of carbonyl (C=O) groups excluding carboxylic acids is 1. The second-order valence-corrected chi connectivity index (χ2v) is 5.93. The van der Waals surface area contributed by atoms with Crippen LogP contribution in [0, 0.1) is 0 Å². The van der Waals surface area contributed by atoms with Crippen molar-refractivity contribution in [3.63, 3.8) is 0 Å². The zero-order chi connectivity index (χ0) is 15.9. The Labute approximate surface area is 136 Å². The van der Waals surface area contributed by atoms with E-state index in [9.17, 15) is 9.90 Å². The molecule has 1 aliphatic rings. The lowest BCUT2D eigenvalue weighted by Gasteiger charge is -2.35. The molecule has 1 unspecified atom stereocenters.